The standard InChI is InChI=1S/C28H24N4O5S2/c1-18-6-8-19(9-7-18)16-32-22-5-3-2-4-21(22)27-25(39(32,34)35)15-29-28(31-27)38-17-26(33)30-20-10-11-23-24(14-20)37-13-12-36-23/h2-11,14-15H,12-13,16-17H2,1H3,(H,30,33). The van der Waals surface area contributed by atoms with Crippen molar-refractivity contribution < 1.29 is 22.7 Å². The molecule has 0 spiro atoms. The van der Waals surface area contributed by atoms with Crippen LogP contribution in [0.2, 0.25) is 0 Å². The van der Waals surface area contributed by atoms with Crippen molar-refractivity contribution in [2.75, 3.05) is 28.6 Å². The van der Waals surface area contributed by atoms with Crippen LogP contribution in [0, 0.1) is 6.92 Å². The van der Waals surface area contributed by atoms with E-state index in [0.717, 1.165) is 22.9 Å². The van der Waals surface area contributed by atoms with Gasteiger partial charge in [0, 0.05) is 17.3 Å². The van der Waals surface area contributed by atoms with Crippen LogP contribution in [0.3, 0.4) is 0 Å². The fourth-order valence-corrected chi connectivity index (χ4v) is 6.60. The smallest absolute Gasteiger partial charge is 0.268 e. The van der Waals surface area contributed by atoms with Crippen molar-refractivity contribution in [1.29, 1.82) is 0 Å². The zero-order valence-electron chi connectivity index (χ0n) is 21.0. The van der Waals surface area contributed by atoms with Gasteiger partial charge in [0.2, 0.25) is 5.91 Å². The van der Waals surface area contributed by atoms with Gasteiger partial charge in [0.25, 0.3) is 10.0 Å². The Kier molecular flexibility index (Phi) is 6.61. The number of nitrogens with one attached hydrogen (secondary N) is 1. The van der Waals surface area contributed by atoms with E-state index in [0.29, 0.717) is 52.5 Å². The van der Waals surface area contributed by atoms with Gasteiger partial charge in [-0.15, -0.1) is 0 Å². The first-order valence-electron chi connectivity index (χ1n) is 12.3. The molecule has 0 bridgehead atoms. The second kappa shape index (κ2) is 10.2. The number of aryl methyl sites for hydroxylation is 1. The quantitative estimate of drug-likeness (QED) is 0.268. The molecular formula is C28H24N4O5S2. The van der Waals surface area contributed by atoms with Gasteiger partial charge in [-0.2, -0.15) is 0 Å². The number of carbonyl (C=O) groups is 1. The summed E-state index contributed by atoms with van der Waals surface area (Å²) < 4.78 is 39.8. The van der Waals surface area contributed by atoms with Crippen molar-refractivity contribution in [3.63, 3.8) is 0 Å². The number of rotatable bonds is 6. The number of amides is 1. The number of thioether (sulfide) groups is 1. The number of fused-ring (bicyclic) bond motifs is 4. The van der Waals surface area contributed by atoms with Crippen molar-refractivity contribution >= 4 is 39.1 Å². The lowest BCUT2D eigenvalue weighted by molar-refractivity contribution is -0.113. The van der Waals surface area contributed by atoms with Gasteiger partial charge >= 0.3 is 0 Å². The summed E-state index contributed by atoms with van der Waals surface area (Å²) in [6.45, 7) is 3.13. The summed E-state index contributed by atoms with van der Waals surface area (Å²) in [7, 11) is -3.90. The second-order valence-electron chi connectivity index (χ2n) is 9.08. The van der Waals surface area contributed by atoms with Gasteiger partial charge in [-0.3, -0.25) is 9.10 Å². The molecule has 0 atom stereocenters. The highest BCUT2D eigenvalue weighted by molar-refractivity contribution is 7.99. The predicted molar refractivity (Wildman–Crippen MR) is 149 cm³/mol. The highest BCUT2D eigenvalue weighted by Gasteiger charge is 2.36. The number of benzene rings is 3. The van der Waals surface area contributed by atoms with E-state index in [2.05, 4.69) is 15.3 Å². The molecular weight excluding hydrogens is 536 g/mol. The molecule has 6 rings (SSSR count). The predicted octanol–water partition coefficient (Wildman–Crippen LogP) is 4.66. The third-order valence-electron chi connectivity index (χ3n) is 6.33. The van der Waals surface area contributed by atoms with Crippen LogP contribution in [-0.2, 0) is 21.4 Å². The maximum absolute atomic E-state index is 13.7. The van der Waals surface area contributed by atoms with Gasteiger partial charge in [-0.1, -0.05) is 59.8 Å². The molecule has 198 valence electrons. The van der Waals surface area contributed by atoms with Crippen molar-refractivity contribution in [1.82, 2.24) is 9.97 Å². The highest BCUT2D eigenvalue weighted by atomic mass is 32.2. The zero-order valence-corrected chi connectivity index (χ0v) is 22.6. The van der Waals surface area contributed by atoms with Crippen LogP contribution in [0.25, 0.3) is 11.3 Å². The third-order valence-corrected chi connectivity index (χ3v) is 8.96. The first-order valence-corrected chi connectivity index (χ1v) is 14.7. The summed E-state index contributed by atoms with van der Waals surface area (Å²) in [4.78, 5) is 21.5. The normalized spacial score (nSPS) is 14.7. The van der Waals surface area contributed by atoms with Crippen molar-refractivity contribution in [3.8, 4) is 22.8 Å². The number of aromatic nitrogens is 2. The summed E-state index contributed by atoms with van der Waals surface area (Å²) in [6.07, 6.45) is 1.33. The lowest BCUT2D eigenvalue weighted by Gasteiger charge is -2.31. The number of hydrogen-bond donors (Lipinski definition) is 1. The molecule has 1 amide bonds. The topological polar surface area (TPSA) is 111 Å². The Morgan fingerprint density at radius 1 is 1.03 bits per heavy atom. The van der Waals surface area contributed by atoms with Crippen LogP contribution in [0.4, 0.5) is 11.4 Å². The fraction of sp³-hybridized carbons (Fsp3) is 0.179. The molecule has 0 unspecified atom stereocenters. The lowest BCUT2D eigenvalue weighted by Crippen LogP contribution is -2.34. The Morgan fingerprint density at radius 2 is 1.79 bits per heavy atom. The van der Waals surface area contributed by atoms with Crippen LogP contribution in [0.1, 0.15) is 11.1 Å². The van der Waals surface area contributed by atoms with Crippen LogP contribution in [0.15, 0.2) is 83.0 Å². The first kappa shape index (κ1) is 25.2. The van der Waals surface area contributed by atoms with Gasteiger partial charge in [-0.25, -0.2) is 18.4 Å². The Balaban J connectivity index is 1.22. The van der Waals surface area contributed by atoms with Gasteiger partial charge < -0.3 is 14.8 Å². The monoisotopic (exact) mass is 560 g/mol. The lowest BCUT2D eigenvalue weighted by atomic mass is 10.1. The second-order valence-corrected chi connectivity index (χ2v) is 11.8. The fourth-order valence-electron chi connectivity index (χ4n) is 4.42. The number of nitrogens with zero attached hydrogens (tertiary/aromatic N) is 3. The van der Waals surface area contributed by atoms with Crippen LogP contribution in [-0.4, -0.2) is 43.3 Å². The Bertz CT molecular complexity index is 1680. The zero-order chi connectivity index (χ0) is 27.0. The van der Waals surface area contributed by atoms with E-state index >= 15 is 0 Å². The van der Waals surface area contributed by atoms with Gasteiger partial charge in [0.05, 0.1) is 29.9 Å². The molecule has 0 saturated heterocycles. The molecule has 1 aromatic heterocycles. The molecule has 0 aliphatic carbocycles. The maximum atomic E-state index is 13.7. The minimum atomic E-state index is -3.90. The van der Waals surface area contributed by atoms with Crippen LogP contribution < -0.4 is 19.1 Å². The van der Waals surface area contributed by atoms with E-state index in [9.17, 15) is 13.2 Å². The van der Waals surface area contributed by atoms with E-state index in [1.807, 2.05) is 43.3 Å². The maximum Gasteiger partial charge on any atom is 0.268 e. The van der Waals surface area contributed by atoms with Gasteiger partial charge in [0.1, 0.15) is 18.1 Å². The van der Waals surface area contributed by atoms with Gasteiger partial charge in [-0.05, 0) is 30.7 Å². The molecule has 2 aliphatic rings. The molecule has 0 fully saturated rings. The summed E-state index contributed by atoms with van der Waals surface area (Å²) in [6, 6.07) is 20.3. The number of anilines is 2. The summed E-state index contributed by atoms with van der Waals surface area (Å²) >= 11 is 1.13. The van der Waals surface area contributed by atoms with Crippen molar-refractivity contribution in [2.24, 2.45) is 0 Å². The molecule has 4 aromatic rings. The Morgan fingerprint density at radius 3 is 2.62 bits per heavy atom. The molecule has 39 heavy (non-hydrogen) atoms. The van der Waals surface area contributed by atoms with Crippen LogP contribution in [0.5, 0.6) is 11.5 Å². The van der Waals surface area contributed by atoms with E-state index in [1.54, 1.807) is 30.3 Å². The third kappa shape index (κ3) is 5.02. The summed E-state index contributed by atoms with van der Waals surface area (Å²) in [5.74, 6) is 1.02. The minimum Gasteiger partial charge on any atom is -0.486 e. The molecule has 1 N–H and O–H groups in total. The number of hydrogen-bond acceptors (Lipinski definition) is 8. The molecule has 2 aliphatic heterocycles. The number of para-hydroxylation sites is 1. The molecule has 11 heteroatoms. The highest BCUT2D eigenvalue weighted by Crippen LogP contribution is 2.43. The summed E-state index contributed by atoms with van der Waals surface area (Å²) in [5.41, 5.74) is 4.14. The van der Waals surface area contributed by atoms with E-state index < -0.39 is 10.0 Å². The molecule has 9 nitrogen and oxygen atoms in total. The Labute approximate surface area is 230 Å². The molecule has 3 heterocycles. The van der Waals surface area contributed by atoms with Gasteiger partial charge in [0.15, 0.2) is 16.7 Å². The van der Waals surface area contributed by atoms with E-state index in [-0.39, 0.29) is 23.1 Å². The minimum absolute atomic E-state index is 0.0402. The Hall–Kier alpha value is -4.09. The number of sulfonamides is 1. The molecule has 3 aromatic carbocycles. The number of ether oxygens (including phenoxy) is 2. The summed E-state index contributed by atoms with van der Waals surface area (Å²) in [5, 5.41) is 3.14. The average molecular weight is 561 g/mol. The van der Waals surface area contributed by atoms with E-state index in [4.69, 9.17) is 9.47 Å². The average Bonchev–Trinajstić information content (AvgIpc) is 2.95. The van der Waals surface area contributed by atoms with E-state index in [1.165, 1.54) is 10.5 Å². The van der Waals surface area contributed by atoms with Crippen molar-refractivity contribution in [3.05, 3.63) is 84.1 Å². The molecule has 0 radical (unpaired) electrons. The SMILES string of the molecule is Cc1ccc(CN2c3ccccc3-c3nc(SCC(=O)Nc4ccc5c(c4)OCCO5)ncc3S2(=O)=O)cc1. The first-order chi connectivity index (χ1) is 18.9. The number of carbonyl (C=O) groups excluding carboxylic acids is 1. The van der Waals surface area contributed by atoms with Crippen LogP contribution >= 0.6 is 11.8 Å². The molecule has 0 saturated carbocycles. The van der Waals surface area contributed by atoms with Crippen molar-refractivity contribution in [2.45, 2.75) is 23.5 Å². The largest absolute Gasteiger partial charge is 0.486 e.